The first-order valence-electron chi connectivity index (χ1n) is 8.37. The van der Waals surface area contributed by atoms with Crippen molar-refractivity contribution in [2.75, 3.05) is 20.2 Å². The molecular weight excluding hydrogens is 370 g/mol. The molecular formula is C16H19N7O3S. The number of nitrogens with zero attached hydrogens (tertiary/aromatic N) is 7. The zero-order chi connectivity index (χ0) is 19.0. The quantitative estimate of drug-likeness (QED) is 0.603. The normalized spacial score (nSPS) is 15.6. The molecule has 0 saturated carbocycles. The van der Waals surface area contributed by atoms with Gasteiger partial charge in [0.25, 0.3) is 0 Å². The maximum Gasteiger partial charge on any atom is 0.243 e. The minimum absolute atomic E-state index is 0.0440. The minimum atomic E-state index is -3.57. The molecule has 27 heavy (non-hydrogen) atoms. The van der Waals surface area contributed by atoms with Crippen molar-refractivity contribution in [3.8, 4) is 5.75 Å². The zero-order valence-corrected chi connectivity index (χ0v) is 15.7. The van der Waals surface area contributed by atoms with Crippen LogP contribution >= 0.6 is 0 Å². The minimum Gasteiger partial charge on any atom is -0.497 e. The van der Waals surface area contributed by atoms with E-state index in [2.05, 4.69) is 20.5 Å². The van der Waals surface area contributed by atoms with Gasteiger partial charge in [0.1, 0.15) is 18.0 Å². The summed E-state index contributed by atoms with van der Waals surface area (Å²) in [7, 11) is -2.06. The van der Waals surface area contributed by atoms with Gasteiger partial charge in [0.2, 0.25) is 10.0 Å². The summed E-state index contributed by atoms with van der Waals surface area (Å²) in [6.45, 7) is 2.89. The molecule has 0 atom stereocenters. The molecule has 0 radical (unpaired) electrons. The second-order valence-corrected chi connectivity index (χ2v) is 8.26. The van der Waals surface area contributed by atoms with E-state index in [-0.39, 0.29) is 10.9 Å². The molecule has 1 saturated heterocycles. The summed E-state index contributed by atoms with van der Waals surface area (Å²) in [5.74, 6) is 0.518. The smallest absolute Gasteiger partial charge is 0.243 e. The van der Waals surface area contributed by atoms with Crippen LogP contribution in [-0.2, 0) is 16.6 Å². The van der Waals surface area contributed by atoms with Gasteiger partial charge in [-0.2, -0.15) is 19.3 Å². The molecule has 0 unspecified atom stereocenters. The molecule has 10 nitrogen and oxygen atoms in total. The van der Waals surface area contributed by atoms with Crippen molar-refractivity contribution in [2.45, 2.75) is 24.4 Å². The molecule has 0 N–H and O–H groups in total. The highest BCUT2D eigenvalue weighted by Crippen LogP contribution is 2.31. The van der Waals surface area contributed by atoms with Gasteiger partial charge < -0.3 is 4.74 Å². The van der Waals surface area contributed by atoms with Gasteiger partial charge in [0.15, 0.2) is 0 Å². The molecule has 142 valence electrons. The molecule has 11 heteroatoms. The van der Waals surface area contributed by atoms with Crippen molar-refractivity contribution in [3.05, 3.63) is 48.0 Å². The highest BCUT2D eigenvalue weighted by Gasteiger charge is 2.39. The Morgan fingerprint density at radius 2 is 1.96 bits per heavy atom. The van der Waals surface area contributed by atoms with E-state index in [1.165, 1.54) is 16.2 Å². The van der Waals surface area contributed by atoms with Gasteiger partial charge in [-0.3, -0.25) is 0 Å². The number of ether oxygens (including phenoxy) is 1. The molecule has 0 aliphatic carbocycles. The van der Waals surface area contributed by atoms with Crippen LogP contribution in [0.25, 0.3) is 0 Å². The Morgan fingerprint density at radius 1 is 1.22 bits per heavy atom. The Kier molecular flexibility index (Phi) is 4.40. The van der Waals surface area contributed by atoms with Gasteiger partial charge in [0, 0.05) is 19.2 Å². The summed E-state index contributed by atoms with van der Waals surface area (Å²) < 4.78 is 34.1. The van der Waals surface area contributed by atoms with Crippen LogP contribution < -0.4 is 4.74 Å². The Hall–Kier alpha value is -2.79. The van der Waals surface area contributed by atoms with Gasteiger partial charge in [-0.15, -0.1) is 5.10 Å². The second kappa shape index (κ2) is 6.74. The Balaban J connectivity index is 1.45. The second-order valence-electron chi connectivity index (χ2n) is 6.36. The highest BCUT2D eigenvalue weighted by molar-refractivity contribution is 7.89. The van der Waals surface area contributed by atoms with E-state index in [9.17, 15) is 8.42 Å². The Labute approximate surface area is 156 Å². The first-order chi connectivity index (χ1) is 13.0. The number of sulfonamides is 1. The number of aromatic nitrogens is 6. The average Bonchev–Trinajstić information content (AvgIpc) is 3.26. The van der Waals surface area contributed by atoms with E-state index in [0.717, 1.165) is 5.69 Å². The maximum atomic E-state index is 12.9. The third-order valence-electron chi connectivity index (χ3n) is 4.54. The maximum absolute atomic E-state index is 12.9. The first kappa shape index (κ1) is 17.6. The van der Waals surface area contributed by atoms with Crippen LogP contribution in [0.4, 0.5) is 0 Å². The van der Waals surface area contributed by atoms with Gasteiger partial charge in [-0.1, -0.05) is 11.3 Å². The number of hydrogen-bond donors (Lipinski definition) is 0. The topological polar surface area (TPSA) is 108 Å². The van der Waals surface area contributed by atoms with E-state index in [1.807, 2.05) is 0 Å². The van der Waals surface area contributed by atoms with E-state index in [0.29, 0.717) is 30.9 Å². The third-order valence-corrected chi connectivity index (χ3v) is 6.52. The van der Waals surface area contributed by atoms with Crippen LogP contribution in [0.1, 0.15) is 17.3 Å². The number of methoxy groups -OCH3 is 1. The predicted molar refractivity (Wildman–Crippen MR) is 94.7 cm³/mol. The lowest BCUT2D eigenvalue weighted by Gasteiger charge is -2.37. The van der Waals surface area contributed by atoms with Gasteiger partial charge in [-0.25, -0.2) is 13.1 Å². The van der Waals surface area contributed by atoms with Crippen LogP contribution in [0.15, 0.2) is 41.7 Å². The SMILES string of the molecule is COc1ccc(C)c(S(=O)(=O)N2CC(n3cc(Cn4nccn4)nn3)C2)c1. The van der Waals surface area contributed by atoms with E-state index in [4.69, 9.17) is 4.74 Å². The summed E-state index contributed by atoms with van der Waals surface area (Å²) >= 11 is 0. The molecule has 1 aliphatic heterocycles. The Morgan fingerprint density at radius 3 is 2.67 bits per heavy atom. The molecule has 0 amide bonds. The molecule has 0 spiro atoms. The van der Waals surface area contributed by atoms with Crippen molar-refractivity contribution in [1.29, 1.82) is 0 Å². The number of hydrogen-bond acceptors (Lipinski definition) is 7. The molecule has 3 aromatic rings. The molecule has 1 aromatic carbocycles. The van der Waals surface area contributed by atoms with Crippen molar-refractivity contribution >= 4 is 10.0 Å². The summed E-state index contributed by atoms with van der Waals surface area (Å²) in [6.07, 6.45) is 4.99. The lowest BCUT2D eigenvalue weighted by atomic mass is 10.2. The van der Waals surface area contributed by atoms with Crippen molar-refractivity contribution in [1.82, 2.24) is 34.3 Å². The fourth-order valence-corrected chi connectivity index (χ4v) is 4.69. The molecule has 1 aliphatic rings. The lowest BCUT2D eigenvalue weighted by Crippen LogP contribution is -2.50. The molecule has 4 rings (SSSR count). The number of aryl methyl sites for hydroxylation is 1. The van der Waals surface area contributed by atoms with E-state index < -0.39 is 10.0 Å². The standard InChI is InChI=1S/C16H19N7O3S/c1-12-3-4-15(26-2)7-16(12)27(24,25)21-10-14(11-21)22-8-13(19-20-22)9-23-17-5-6-18-23/h3-8,14H,9-11H2,1-2H3. The largest absolute Gasteiger partial charge is 0.497 e. The van der Waals surface area contributed by atoms with E-state index in [1.54, 1.807) is 48.4 Å². The average molecular weight is 389 g/mol. The first-order valence-corrected chi connectivity index (χ1v) is 9.81. The van der Waals surface area contributed by atoms with Gasteiger partial charge in [0.05, 0.1) is 36.6 Å². The van der Waals surface area contributed by atoms with Crippen LogP contribution in [-0.4, -0.2) is 62.9 Å². The summed E-state index contributed by atoms with van der Waals surface area (Å²) in [6, 6.07) is 5.01. The number of benzene rings is 1. The molecule has 2 aromatic heterocycles. The molecule has 1 fully saturated rings. The highest BCUT2D eigenvalue weighted by atomic mass is 32.2. The summed E-state index contributed by atoms with van der Waals surface area (Å²) in [5.41, 5.74) is 1.41. The number of rotatable bonds is 6. The van der Waals surface area contributed by atoms with Crippen LogP contribution in [0, 0.1) is 6.92 Å². The zero-order valence-electron chi connectivity index (χ0n) is 14.9. The fourth-order valence-electron chi connectivity index (χ4n) is 2.94. The predicted octanol–water partition coefficient (Wildman–Crippen LogP) is 0.481. The summed E-state index contributed by atoms with van der Waals surface area (Å²) in [4.78, 5) is 1.78. The van der Waals surface area contributed by atoms with Crippen molar-refractivity contribution in [2.24, 2.45) is 0 Å². The molecule has 3 heterocycles. The van der Waals surface area contributed by atoms with Gasteiger partial charge >= 0.3 is 0 Å². The van der Waals surface area contributed by atoms with Crippen molar-refractivity contribution in [3.63, 3.8) is 0 Å². The van der Waals surface area contributed by atoms with Crippen LogP contribution in [0.5, 0.6) is 5.75 Å². The molecule has 0 bridgehead atoms. The van der Waals surface area contributed by atoms with Crippen molar-refractivity contribution < 1.29 is 13.2 Å². The summed E-state index contributed by atoms with van der Waals surface area (Å²) in [5, 5.41) is 16.3. The fraction of sp³-hybridized carbons (Fsp3) is 0.375. The van der Waals surface area contributed by atoms with Crippen LogP contribution in [0.3, 0.4) is 0 Å². The lowest BCUT2D eigenvalue weighted by molar-refractivity contribution is 0.188. The van der Waals surface area contributed by atoms with Gasteiger partial charge in [-0.05, 0) is 18.6 Å². The van der Waals surface area contributed by atoms with Crippen LogP contribution in [0.2, 0.25) is 0 Å². The Bertz CT molecular complexity index is 1040. The monoisotopic (exact) mass is 389 g/mol. The third kappa shape index (κ3) is 3.30. The van der Waals surface area contributed by atoms with E-state index >= 15 is 0 Å².